The fourth-order valence-electron chi connectivity index (χ4n) is 1.53. The van der Waals surface area contributed by atoms with Crippen molar-refractivity contribution in [1.29, 1.82) is 0 Å². The summed E-state index contributed by atoms with van der Waals surface area (Å²) in [5.41, 5.74) is -0.0441. The third-order valence-corrected chi connectivity index (χ3v) is 2.81. The lowest BCUT2D eigenvalue weighted by Gasteiger charge is -2.05. The number of methoxy groups -OCH3 is 1. The molecule has 0 heterocycles. The topological polar surface area (TPSA) is 26.3 Å². The second-order valence-electron chi connectivity index (χ2n) is 3.28. The van der Waals surface area contributed by atoms with Gasteiger partial charge in [-0.1, -0.05) is 28.1 Å². The molecule has 2 nitrogen and oxygen atoms in total. The zero-order chi connectivity index (χ0) is 11.7. The average Bonchev–Trinajstić information content (AvgIpc) is 2.28. The van der Waals surface area contributed by atoms with E-state index in [0.717, 1.165) is 9.86 Å². The normalized spacial score (nSPS) is 10.4. The largest absolute Gasteiger partial charge is 0.465 e. The molecule has 16 heavy (non-hydrogen) atoms. The van der Waals surface area contributed by atoms with Crippen LogP contribution in [0.3, 0.4) is 0 Å². The number of carbonyl (C=O) groups is 1. The summed E-state index contributed by atoms with van der Waals surface area (Å²) in [5, 5.41) is 1.14. The van der Waals surface area contributed by atoms with E-state index >= 15 is 0 Å². The Hall–Kier alpha value is -1.42. The van der Waals surface area contributed by atoms with E-state index < -0.39 is 11.8 Å². The first kappa shape index (κ1) is 11.1. The van der Waals surface area contributed by atoms with E-state index in [2.05, 4.69) is 20.7 Å². The van der Waals surface area contributed by atoms with E-state index in [1.807, 2.05) is 0 Å². The van der Waals surface area contributed by atoms with E-state index in [1.54, 1.807) is 24.3 Å². The zero-order valence-corrected chi connectivity index (χ0v) is 10.0. The summed E-state index contributed by atoms with van der Waals surface area (Å²) in [6.45, 7) is 0. The van der Waals surface area contributed by atoms with E-state index in [1.165, 1.54) is 13.2 Å². The van der Waals surface area contributed by atoms with Crippen LogP contribution in [0.15, 0.2) is 34.8 Å². The predicted molar refractivity (Wildman–Crippen MR) is 62.9 cm³/mol. The molecule has 0 aliphatic heterocycles. The van der Waals surface area contributed by atoms with Gasteiger partial charge in [0.15, 0.2) is 0 Å². The first-order chi connectivity index (χ1) is 7.63. The molecule has 82 valence electrons. The van der Waals surface area contributed by atoms with Gasteiger partial charge in [-0.3, -0.25) is 0 Å². The SMILES string of the molecule is COC(=O)c1ccc2cc(Br)ccc2c1F. The number of ether oxygens (including phenoxy) is 1. The number of carbonyl (C=O) groups excluding carboxylic acids is 1. The fourth-order valence-corrected chi connectivity index (χ4v) is 1.91. The van der Waals surface area contributed by atoms with Crippen molar-refractivity contribution in [3.63, 3.8) is 0 Å². The van der Waals surface area contributed by atoms with E-state index in [4.69, 9.17) is 0 Å². The van der Waals surface area contributed by atoms with E-state index in [0.29, 0.717) is 5.39 Å². The molecule has 0 spiro atoms. The Morgan fingerprint density at radius 1 is 1.31 bits per heavy atom. The maximum absolute atomic E-state index is 13.9. The van der Waals surface area contributed by atoms with Crippen molar-refractivity contribution in [2.24, 2.45) is 0 Å². The van der Waals surface area contributed by atoms with Gasteiger partial charge in [-0.2, -0.15) is 0 Å². The van der Waals surface area contributed by atoms with Crippen LogP contribution in [0, 0.1) is 5.82 Å². The van der Waals surface area contributed by atoms with Crippen LogP contribution in [-0.2, 0) is 4.74 Å². The van der Waals surface area contributed by atoms with Crippen LogP contribution in [0.5, 0.6) is 0 Å². The molecular formula is C12H8BrFO2. The number of hydrogen-bond donors (Lipinski definition) is 0. The molecule has 0 aromatic heterocycles. The molecule has 0 atom stereocenters. The van der Waals surface area contributed by atoms with Crippen LogP contribution in [0.25, 0.3) is 10.8 Å². The van der Waals surface area contributed by atoms with Gasteiger partial charge in [-0.25, -0.2) is 9.18 Å². The molecule has 0 saturated heterocycles. The molecular weight excluding hydrogens is 275 g/mol. The third-order valence-electron chi connectivity index (χ3n) is 2.32. The Bertz CT molecular complexity index is 566. The second kappa shape index (κ2) is 4.22. The standard InChI is InChI=1S/C12H8BrFO2/c1-16-12(15)10-4-2-7-6-8(13)3-5-9(7)11(10)14/h2-6H,1H3. The molecule has 0 radical (unpaired) electrons. The number of benzene rings is 2. The van der Waals surface area contributed by atoms with Crippen LogP contribution in [0.4, 0.5) is 4.39 Å². The molecule has 0 amide bonds. The highest BCUT2D eigenvalue weighted by atomic mass is 79.9. The summed E-state index contributed by atoms with van der Waals surface area (Å²) >= 11 is 3.30. The van der Waals surface area contributed by atoms with Crippen molar-refractivity contribution in [1.82, 2.24) is 0 Å². The van der Waals surface area contributed by atoms with Gasteiger partial charge in [-0.15, -0.1) is 0 Å². The monoisotopic (exact) mass is 282 g/mol. The van der Waals surface area contributed by atoms with Gasteiger partial charge in [0.25, 0.3) is 0 Å². The van der Waals surface area contributed by atoms with Gasteiger partial charge in [-0.05, 0) is 23.6 Å². The minimum Gasteiger partial charge on any atom is -0.465 e. The van der Waals surface area contributed by atoms with Crippen LogP contribution in [0.1, 0.15) is 10.4 Å². The molecule has 0 aliphatic carbocycles. The lowest BCUT2D eigenvalue weighted by atomic mass is 10.1. The Balaban J connectivity index is 2.70. The highest BCUT2D eigenvalue weighted by molar-refractivity contribution is 9.10. The minimum atomic E-state index is -0.665. The first-order valence-corrected chi connectivity index (χ1v) is 5.39. The van der Waals surface area contributed by atoms with Gasteiger partial charge in [0.2, 0.25) is 0 Å². The number of esters is 1. The zero-order valence-electron chi connectivity index (χ0n) is 8.46. The van der Waals surface area contributed by atoms with Gasteiger partial charge < -0.3 is 4.74 Å². The number of halogens is 2. The average molecular weight is 283 g/mol. The van der Waals surface area contributed by atoms with E-state index in [-0.39, 0.29) is 5.56 Å². The predicted octanol–water partition coefficient (Wildman–Crippen LogP) is 3.53. The highest BCUT2D eigenvalue weighted by Gasteiger charge is 2.14. The number of rotatable bonds is 1. The van der Waals surface area contributed by atoms with Crippen LogP contribution < -0.4 is 0 Å². The maximum Gasteiger partial charge on any atom is 0.340 e. The fraction of sp³-hybridized carbons (Fsp3) is 0.0833. The maximum atomic E-state index is 13.9. The summed E-state index contributed by atoms with van der Waals surface area (Å²) in [5.74, 6) is -1.21. The first-order valence-electron chi connectivity index (χ1n) is 4.59. The molecule has 2 rings (SSSR count). The van der Waals surface area contributed by atoms with Crippen molar-refractivity contribution in [2.45, 2.75) is 0 Å². The molecule has 0 unspecified atom stereocenters. The molecule has 0 aliphatic rings. The summed E-state index contributed by atoms with van der Waals surface area (Å²) < 4.78 is 19.3. The van der Waals surface area contributed by atoms with Crippen molar-refractivity contribution in [3.05, 3.63) is 46.2 Å². The highest BCUT2D eigenvalue weighted by Crippen LogP contribution is 2.24. The summed E-state index contributed by atoms with van der Waals surface area (Å²) in [4.78, 5) is 11.3. The van der Waals surface area contributed by atoms with Gasteiger partial charge in [0.1, 0.15) is 5.82 Å². The molecule has 4 heteroatoms. The van der Waals surface area contributed by atoms with E-state index in [9.17, 15) is 9.18 Å². The summed E-state index contributed by atoms with van der Waals surface area (Å²) in [6.07, 6.45) is 0. The van der Waals surface area contributed by atoms with Gasteiger partial charge in [0.05, 0.1) is 12.7 Å². The molecule has 0 saturated carbocycles. The third kappa shape index (κ3) is 1.80. The Morgan fingerprint density at radius 3 is 2.75 bits per heavy atom. The van der Waals surface area contributed by atoms with Crippen LogP contribution in [-0.4, -0.2) is 13.1 Å². The quantitative estimate of drug-likeness (QED) is 0.748. The lowest BCUT2D eigenvalue weighted by molar-refractivity contribution is 0.0596. The van der Waals surface area contributed by atoms with Crippen LogP contribution >= 0.6 is 15.9 Å². The Kier molecular flexibility index (Phi) is 2.92. The molecule has 0 fully saturated rings. The molecule has 0 bridgehead atoms. The summed E-state index contributed by atoms with van der Waals surface area (Å²) in [7, 11) is 1.23. The minimum absolute atomic E-state index is 0.0441. The molecule has 2 aromatic carbocycles. The smallest absolute Gasteiger partial charge is 0.340 e. The van der Waals surface area contributed by atoms with Crippen molar-refractivity contribution in [2.75, 3.05) is 7.11 Å². The van der Waals surface area contributed by atoms with Crippen LogP contribution in [0.2, 0.25) is 0 Å². The Labute approximate surface area is 100 Å². The summed E-state index contributed by atoms with van der Waals surface area (Å²) in [6, 6.07) is 8.26. The van der Waals surface area contributed by atoms with Crippen molar-refractivity contribution >= 4 is 32.7 Å². The molecule has 0 N–H and O–H groups in total. The van der Waals surface area contributed by atoms with Gasteiger partial charge >= 0.3 is 5.97 Å². The lowest BCUT2D eigenvalue weighted by Crippen LogP contribution is -2.04. The Morgan fingerprint density at radius 2 is 2.06 bits per heavy atom. The number of hydrogen-bond acceptors (Lipinski definition) is 2. The number of fused-ring (bicyclic) bond motifs is 1. The molecule has 2 aromatic rings. The second-order valence-corrected chi connectivity index (χ2v) is 4.20. The van der Waals surface area contributed by atoms with Crippen molar-refractivity contribution in [3.8, 4) is 0 Å². The van der Waals surface area contributed by atoms with Gasteiger partial charge in [0, 0.05) is 9.86 Å². The van der Waals surface area contributed by atoms with Crippen molar-refractivity contribution < 1.29 is 13.9 Å².